The molecule has 1 aliphatic rings. The van der Waals surface area contributed by atoms with Gasteiger partial charge in [-0.05, 0) is 61.1 Å². The third-order valence-corrected chi connectivity index (χ3v) is 10.8. The Morgan fingerprint density at radius 3 is 2.27 bits per heavy atom. The summed E-state index contributed by atoms with van der Waals surface area (Å²) in [6, 6.07) is 11.4. The van der Waals surface area contributed by atoms with Crippen LogP contribution in [-0.2, 0) is 21.5 Å². The summed E-state index contributed by atoms with van der Waals surface area (Å²) in [5, 5.41) is 2.53. The molecule has 0 fully saturated rings. The fourth-order valence-electron chi connectivity index (χ4n) is 5.30. The molecule has 0 saturated heterocycles. The number of carbonyl (C=O) groups excluding carboxylic acids is 1. The highest BCUT2D eigenvalue weighted by atomic mass is 32.3. The minimum atomic E-state index is -4.46. The van der Waals surface area contributed by atoms with Crippen LogP contribution in [-0.4, -0.2) is 59.4 Å². The second-order valence-corrected chi connectivity index (χ2v) is 14.8. The smallest absolute Gasteiger partial charge is 0.274 e. The van der Waals surface area contributed by atoms with Crippen LogP contribution in [0.1, 0.15) is 57.9 Å². The van der Waals surface area contributed by atoms with E-state index in [-0.39, 0.29) is 17.7 Å². The summed E-state index contributed by atoms with van der Waals surface area (Å²) in [5.41, 5.74) is 1.93. The number of hydrogen-bond acceptors (Lipinski definition) is 8. The maximum Gasteiger partial charge on any atom is 0.274 e. The molecule has 224 valence electrons. The molecule has 4 N–H and O–H groups in total. The van der Waals surface area contributed by atoms with Crippen LogP contribution in [0.15, 0.2) is 46.2 Å². The molecule has 0 aromatic heterocycles. The Morgan fingerprint density at radius 1 is 1.12 bits per heavy atom. The molecule has 0 saturated carbocycles. The summed E-state index contributed by atoms with van der Waals surface area (Å²) >= 11 is 1.45. The first-order chi connectivity index (χ1) is 18.9. The molecular formula is C28H42N2O7S3. The van der Waals surface area contributed by atoms with Gasteiger partial charge in [-0.1, -0.05) is 39.5 Å². The van der Waals surface area contributed by atoms with Crippen molar-refractivity contribution in [2.24, 2.45) is 5.41 Å². The first kappa shape index (κ1) is 32.6. The predicted octanol–water partition coefficient (Wildman–Crippen LogP) is 6.55. The van der Waals surface area contributed by atoms with Crippen LogP contribution < -0.4 is 15.0 Å². The largest absolute Gasteiger partial charge is 0.497 e. The van der Waals surface area contributed by atoms with Gasteiger partial charge >= 0.3 is 0 Å². The molecule has 1 amide bonds. The minimum Gasteiger partial charge on any atom is -0.497 e. The molecule has 2 aromatic carbocycles. The number of methoxy groups -OCH3 is 1. The molecular weight excluding hydrogens is 573 g/mol. The van der Waals surface area contributed by atoms with E-state index >= 15 is 0 Å². The van der Waals surface area contributed by atoms with E-state index in [1.165, 1.54) is 11.8 Å². The van der Waals surface area contributed by atoms with Gasteiger partial charge in [0.25, 0.3) is 10.1 Å². The number of unbranched alkanes of at least 4 members (excludes halogenated alkanes) is 2. The first-order valence-electron chi connectivity index (χ1n) is 13.5. The maximum atomic E-state index is 12.1. The van der Waals surface area contributed by atoms with Crippen LogP contribution in [0.2, 0.25) is 0 Å². The molecule has 3 rings (SSSR count). The second-order valence-electron chi connectivity index (χ2n) is 10.4. The van der Waals surface area contributed by atoms with Crippen molar-refractivity contribution in [3.63, 3.8) is 0 Å². The highest BCUT2D eigenvalue weighted by Gasteiger charge is 2.42. The zero-order chi connectivity index (χ0) is 29.6. The number of amides is 1. The lowest BCUT2D eigenvalue weighted by Crippen LogP contribution is -2.37. The molecule has 0 radical (unpaired) electrons. The molecule has 1 aliphatic heterocycles. The molecule has 0 unspecified atom stereocenters. The van der Waals surface area contributed by atoms with Crippen LogP contribution >= 0.6 is 22.4 Å². The topological polar surface area (TPSA) is 136 Å². The third-order valence-electron chi connectivity index (χ3n) is 7.30. The maximum absolute atomic E-state index is 12.1. The van der Waals surface area contributed by atoms with Gasteiger partial charge in [-0.25, -0.2) is 0 Å². The Hall–Kier alpha value is -1.96. The van der Waals surface area contributed by atoms with E-state index in [4.69, 9.17) is 9.29 Å². The summed E-state index contributed by atoms with van der Waals surface area (Å²) in [4.78, 5) is 15.5. The quantitative estimate of drug-likeness (QED) is 0.146. The lowest BCUT2D eigenvalue weighted by Gasteiger charge is -2.42. The van der Waals surface area contributed by atoms with Crippen molar-refractivity contribution in [3.05, 3.63) is 42.0 Å². The van der Waals surface area contributed by atoms with E-state index in [0.29, 0.717) is 22.7 Å². The monoisotopic (exact) mass is 614 g/mol. The lowest BCUT2D eigenvalue weighted by molar-refractivity contribution is -0.118. The number of fused-ring (bicyclic) bond motifs is 1. The van der Waals surface area contributed by atoms with Gasteiger partial charge in [0.15, 0.2) is 5.75 Å². The van der Waals surface area contributed by atoms with Gasteiger partial charge < -0.3 is 15.0 Å². The molecule has 40 heavy (non-hydrogen) atoms. The van der Waals surface area contributed by atoms with Crippen LogP contribution in [0, 0.1) is 5.41 Å². The standard InChI is InChI=1S/C28H42N2O7S3/c1-5-7-13-28(14-8-6-2)19-30(22-9-11-23(37-3)12-10-22)24-16-25(38-4)21(15-26(24)39(32,33)20-28)17-29-27(31)18-40(34,35)36/h9-12,15-16,32-33H,5-8,13-14,17-20H2,1-4H3,(H,29,31)(H,34,35,36). The number of hydrogen-bond donors (Lipinski definition) is 4. The first-order valence-corrected chi connectivity index (χ1v) is 18.0. The Kier molecular flexibility index (Phi) is 11.2. The number of carbonyl (C=O) groups is 1. The van der Waals surface area contributed by atoms with Gasteiger partial charge in [-0.3, -0.25) is 18.5 Å². The Bertz CT molecular complexity index is 1260. The van der Waals surface area contributed by atoms with Crippen LogP contribution in [0.3, 0.4) is 0 Å². The summed E-state index contributed by atoms with van der Waals surface area (Å²) in [6.45, 7) is 4.89. The van der Waals surface area contributed by atoms with E-state index in [1.54, 1.807) is 13.2 Å². The zero-order valence-electron chi connectivity index (χ0n) is 23.7. The number of ether oxygens (including phenoxy) is 1. The highest BCUT2D eigenvalue weighted by Crippen LogP contribution is 2.61. The van der Waals surface area contributed by atoms with Crippen molar-refractivity contribution in [2.75, 3.05) is 36.3 Å². The number of nitrogens with zero attached hydrogens (tertiary/aromatic N) is 1. The molecule has 2 aromatic rings. The summed E-state index contributed by atoms with van der Waals surface area (Å²) in [6.07, 6.45) is 7.60. The number of rotatable bonds is 13. The Labute approximate surface area is 244 Å². The SMILES string of the molecule is CCCCC1(CCCC)CN(c2ccc(OC)cc2)c2cc(SC)c(CNC(=O)CS(=O)(=O)O)cc2S(O)(O)C1. The Balaban J connectivity index is 2.16. The minimum absolute atomic E-state index is 0.0212. The van der Waals surface area contributed by atoms with Gasteiger partial charge in [0.1, 0.15) is 5.75 Å². The van der Waals surface area contributed by atoms with E-state index < -0.39 is 32.4 Å². The van der Waals surface area contributed by atoms with E-state index in [9.17, 15) is 22.3 Å². The highest BCUT2D eigenvalue weighted by molar-refractivity contribution is 8.24. The van der Waals surface area contributed by atoms with Gasteiger partial charge in [0.2, 0.25) is 5.91 Å². The van der Waals surface area contributed by atoms with Crippen molar-refractivity contribution < 1.29 is 31.6 Å². The average molecular weight is 615 g/mol. The molecule has 0 spiro atoms. The molecule has 0 atom stereocenters. The molecule has 9 nitrogen and oxygen atoms in total. The van der Waals surface area contributed by atoms with E-state index in [2.05, 4.69) is 24.1 Å². The normalized spacial score (nSPS) is 17.0. The fourth-order valence-corrected chi connectivity index (χ4v) is 8.58. The lowest BCUT2D eigenvalue weighted by atomic mass is 9.79. The molecule has 1 heterocycles. The van der Waals surface area contributed by atoms with E-state index in [1.807, 2.05) is 36.6 Å². The van der Waals surface area contributed by atoms with Crippen LogP contribution in [0.4, 0.5) is 11.4 Å². The second kappa shape index (κ2) is 13.8. The van der Waals surface area contributed by atoms with Crippen molar-refractivity contribution >= 4 is 49.8 Å². The zero-order valence-corrected chi connectivity index (χ0v) is 26.1. The summed E-state index contributed by atoms with van der Waals surface area (Å²) in [5.74, 6) is -0.904. The van der Waals surface area contributed by atoms with E-state index in [0.717, 1.165) is 54.9 Å². The predicted molar refractivity (Wildman–Crippen MR) is 164 cm³/mol. The molecule has 0 bridgehead atoms. The average Bonchev–Trinajstić information content (AvgIpc) is 3.00. The van der Waals surface area contributed by atoms with Crippen molar-refractivity contribution in [2.45, 2.75) is 68.7 Å². The number of nitrogens with one attached hydrogen (secondary N) is 1. The van der Waals surface area contributed by atoms with Crippen molar-refractivity contribution in [1.29, 1.82) is 0 Å². The number of benzene rings is 2. The van der Waals surface area contributed by atoms with Gasteiger partial charge in [0.05, 0.1) is 17.7 Å². The van der Waals surface area contributed by atoms with Gasteiger partial charge in [-0.15, -0.1) is 11.8 Å². The summed E-state index contributed by atoms with van der Waals surface area (Å²) < 4.78 is 60.2. The number of anilines is 2. The van der Waals surface area contributed by atoms with Crippen LogP contribution in [0.5, 0.6) is 5.75 Å². The van der Waals surface area contributed by atoms with Crippen molar-refractivity contribution in [3.8, 4) is 5.75 Å². The summed E-state index contributed by atoms with van der Waals surface area (Å²) in [7, 11) is -6.08. The fraction of sp³-hybridized carbons (Fsp3) is 0.536. The van der Waals surface area contributed by atoms with Crippen LogP contribution in [0.25, 0.3) is 0 Å². The van der Waals surface area contributed by atoms with Gasteiger partial charge in [-0.2, -0.15) is 19.0 Å². The Morgan fingerprint density at radius 2 is 1.75 bits per heavy atom. The number of thioether (sulfide) groups is 1. The third kappa shape index (κ3) is 8.29. The van der Waals surface area contributed by atoms with Gasteiger partial charge in [0, 0.05) is 34.8 Å². The molecule has 0 aliphatic carbocycles. The molecule has 12 heteroatoms. The van der Waals surface area contributed by atoms with Crippen molar-refractivity contribution in [1.82, 2.24) is 5.32 Å².